The lowest BCUT2D eigenvalue weighted by Crippen LogP contribution is -2.37. The van der Waals surface area contributed by atoms with Gasteiger partial charge in [-0.3, -0.25) is 13.8 Å². The molecular weight excluding hydrogens is 709 g/mol. The highest BCUT2D eigenvalue weighted by molar-refractivity contribution is 7.47. The molecule has 0 aliphatic heterocycles. The number of carbonyl (C=O) groups is 1. The lowest BCUT2D eigenvalue weighted by Gasteiger charge is -2.24. The molecule has 0 aliphatic rings. The second-order valence-electron chi connectivity index (χ2n) is 16.0. The van der Waals surface area contributed by atoms with Gasteiger partial charge in [0.05, 0.1) is 34.4 Å². The van der Waals surface area contributed by atoms with Crippen LogP contribution in [0.1, 0.15) is 181 Å². The second-order valence-corrected chi connectivity index (χ2v) is 17.5. The van der Waals surface area contributed by atoms with Crippen LogP contribution in [0, 0.1) is 0 Å². The van der Waals surface area contributed by atoms with Crippen molar-refractivity contribution in [3.8, 4) is 0 Å². The highest BCUT2D eigenvalue weighted by atomic mass is 31.2. The van der Waals surface area contributed by atoms with Crippen molar-refractivity contribution in [1.82, 2.24) is 0 Å². The maximum atomic E-state index is 12.7. The van der Waals surface area contributed by atoms with Gasteiger partial charge in [0.1, 0.15) is 19.3 Å². The lowest BCUT2D eigenvalue weighted by molar-refractivity contribution is -0.870. The fourth-order valence-corrected chi connectivity index (χ4v) is 6.66. The first kappa shape index (κ1) is 53.5. The maximum absolute atomic E-state index is 12.7. The summed E-state index contributed by atoms with van der Waals surface area (Å²) in [6.07, 6.45) is 47.1. The van der Waals surface area contributed by atoms with Crippen LogP contribution in [0.25, 0.3) is 0 Å². The van der Waals surface area contributed by atoms with Crippen molar-refractivity contribution in [2.45, 2.75) is 187 Å². The highest BCUT2D eigenvalue weighted by Gasteiger charge is 2.26. The molecule has 9 heteroatoms. The number of phosphoric acid groups is 1. The molecule has 0 fully saturated rings. The number of carbonyl (C=O) groups excluding carboxylic acids is 1. The van der Waals surface area contributed by atoms with E-state index in [1.54, 1.807) is 0 Å². The van der Waals surface area contributed by atoms with Crippen LogP contribution >= 0.6 is 7.82 Å². The molecule has 0 aromatic heterocycles. The summed E-state index contributed by atoms with van der Waals surface area (Å²) in [4.78, 5) is 22.9. The van der Waals surface area contributed by atoms with E-state index in [1.807, 2.05) is 21.1 Å². The first-order valence-corrected chi connectivity index (χ1v) is 23.9. The zero-order valence-corrected chi connectivity index (χ0v) is 37.3. The zero-order valence-electron chi connectivity index (χ0n) is 36.4. The Morgan fingerprint density at radius 3 is 1.60 bits per heavy atom. The number of allylic oxidation sites excluding steroid dienone is 8. The number of hydrogen-bond donors (Lipinski definition) is 1. The van der Waals surface area contributed by atoms with Gasteiger partial charge in [0, 0.05) is 13.0 Å². The summed E-state index contributed by atoms with van der Waals surface area (Å²) in [5.41, 5.74) is 0. The average molecular weight is 797 g/mol. The topological polar surface area (TPSA) is 91.3 Å². The minimum atomic E-state index is -4.28. The molecule has 1 N–H and O–H groups in total. The summed E-state index contributed by atoms with van der Waals surface area (Å²) in [7, 11) is 1.65. The molecule has 0 rings (SSSR count). The molecule has 0 bridgehead atoms. The van der Waals surface area contributed by atoms with E-state index < -0.39 is 13.9 Å². The van der Waals surface area contributed by atoms with E-state index in [0.29, 0.717) is 24.1 Å². The van der Waals surface area contributed by atoms with Crippen LogP contribution in [0.5, 0.6) is 0 Å². The largest absolute Gasteiger partial charge is 0.472 e. The van der Waals surface area contributed by atoms with Gasteiger partial charge >= 0.3 is 13.8 Å². The average Bonchev–Trinajstić information content (AvgIpc) is 3.13. The Morgan fingerprint density at radius 2 is 1.05 bits per heavy atom. The molecule has 0 amide bonds. The zero-order chi connectivity index (χ0) is 40.6. The van der Waals surface area contributed by atoms with Crippen LogP contribution < -0.4 is 0 Å². The molecule has 322 valence electrons. The van der Waals surface area contributed by atoms with Crippen molar-refractivity contribution in [3.63, 3.8) is 0 Å². The first-order valence-electron chi connectivity index (χ1n) is 22.4. The van der Waals surface area contributed by atoms with E-state index >= 15 is 0 Å². The Morgan fingerprint density at radius 1 is 0.582 bits per heavy atom. The highest BCUT2D eigenvalue weighted by Crippen LogP contribution is 2.43. The molecule has 55 heavy (non-hydrogen) atoms. The van der Waals surface area contributed by atoms with Crippen LogP contribution in [0.3, 0.4) is 0 Å². The molecule has 0 spiro atoms. The summed E-state index contributed by atoms with van der Waals surface area (Å²) in [6.45, 7) is 5.48. The lowest BCUT2D eigenvalue weighted by atomic mass is 10.1. The Hall–Kier alpha value is -1.54. The Labute approximate surface area is 339 Å². The van der Waals surface area contributed by atoms with Crippen LogP contribution in [0.4, 0.5) is 0 Å². The van der Waals surface area contributed by atoms with Crippen LogP contribution in [-0.2, 0) is 27.9 Å². The number of ether oxygens (including phenoxy) is 2. The number of rotatable bonds is 41. The fourth-order valence-electron chi connectivity index (χ4n) is 5.91. The maximum Gasteiger partial charge on any atom is 0.472 e. The normalized spacial score (nSPS) is 14.2. The SMILES string of the molecule is CC/C=C\C/C=C\C/C=C\CCCCCCCCCC(=O)OC(COCCCCCCCC/C=C\CCCCCCCC)COP(=O)(O)OCC[N+](C)(C)C. The predicted molar refractivity (Wildman–Crippen MR) is 233 cm³/mol. The molecule has 0 aromatic rings. The van der Waals surface area contributed by atoms with Crippen molar-refractivity contribution in [2.24, 2.45) is 0 Å². The second kappa shape index (κ2) is 39.3. The van der Waals surface area contributed by atoms with Crippen molar-refractivity contribution in [3.05, 3.63) is 48.6 Å². The molecule has 2 unspecified atom stereocenters. The van der Waals surface area contributed by atoms with E-state index in [-0.39, 0.29) is 25.8 Å². The molecule has 0 saturated carbocycles. The molecule has 0 aromatic carbocycles. The van der Waals surface area contributed by atoms with Crippen LogP contribution in [-0.4, -0.2) is 75.6 Å². The first-order chi connectivity index (χ1) is 26.6. The fraction of sp³-hybridized carbons (Fsp3) is 0.804. The monoisotopic (exact) mass is 797 g/mol. The van der Waals surface area contributed by atoms with Crippen molar-refractivity contribution >= 4 is 13.8 Å². The summed E-state index contributed by atoms with van der Waals surface area (Å²) in [6, 6.07) is 0. The van der Waals surface area contributed by atoms with Gasteiger partial charge in [-0.2, -0.15) is 0 Å². The summed E-state index contributed by atoms with van der Waals surface area (Å²) < 4.78 is 35.0. The molecule has 2 atom stereocenters. The molecule has 0 heterocycles. The Bertz CT molecular complexity index is 1020. The van der Waals surface area contributed by atoms with Crippen molar-refractivity contribution < 1.29 is 37.3 Å². The number of quaternary nitrogens is 1. The van der Waals surface area contributed by atoms with E-state index in [9.17, 15) is 14.3 Å². The minimum Gasteiger partial charge on any atom is -0.457 e. The number of phosphoric ester groups is 1. The number of likely N-dealkylation sites (N-methyl/N-ethyl adjacent to an activating group) is 1. The number of nitrogens with zero attached hydrogens (tertiary/aromatic N) is 1. The number of unbranched alkanes of at least 4 members (excludes halogenated alkanes) is 19. The predicted octanol–water partition coefficient (Wildman–Crippen LogP) is 13.2. The molecule has 8 nitrogen and oxygen atoms in total. The van der Waals surface area contributed by atoms with E-state index in [1.165, 1.54) is 103 Å². The molecule has 0 saturated heterocycles. The summed E-state index contributed by atoms with van der Waals surface area (Å²) >= 11 is 0. The van der Waals surface area contributed by atoms with Gasteiger partial charge in [0.25, 0.3) is 0 Å². The van der Waals surface area contributed by atoms with Gasteiger partial charge in [-0.05, 0) is 70.6 Å². The summed E-state index contributed by atoms with van der Waals surface area (Å²) in [5.74, 6) is -0.327. The number of hydrogen-bond acceptors (Lipinski definition) is 6. The summed E-state index contributed by atoms with van der Waals surface area (Å²) in [5, 5.41) is 0. The van der Waals surface area contributed by atoms with E-state index in [4.69, 9.17) is 18.5 Å². The van der Waals surface area contributed by atoms with E-state index in [2.05, 4.69) is 62.5 Å². The number of esters is 1. The van der Waals surface area contributed by atoms with Crippen molar-refractivity contribution in [1.29, 1.82) is 0 Å². The smallest absolute Gasteiger partial charge is 0.457 e. The standard InChI is InChI=1S/C46H86NO7P/c1-6-8-10-12-14-16-18-20-22-24-25-27-29-31-33-35-37-39-46(48)54-45(44-53-55(49,50)52-42-40-47(3,4)5)43-51-41-38-36-34-32-30-28-26-23-21-19-17-15-13-11-9-7-2/h8,10,14,16,20-23,45H,6-7,9,11-13,15,17-19,24-44H2,1-5H3/p+1/b10-8-,16-14-,22-20-,23-21-. The van der Waals surface area contributed by atoms with Gasteiger partial charge in [-0.25, -0.2) is 4.57 Å². The molecule has 0 aliphatic carbocycles. The van der Waals surface area contributed by atoms with Gasteiger partial charge in [-0.1, -0.05) is 152 Å². The van der Waals surface area contributed by atoms with Gasteiger partial charge in [0.15, 0.2) is 0 Å². The van der Waals surface area contributed by atoms with Crippen molar-refractivity contribution in [2.75, 3.05) is 54.1 Å². The van der Waals surface area contributed by atoms with E-state index in [0.717, 1.165) is 57.8 Å². The Kier molecular flexibility index (Phi) is 38.2. The molecule has 0 radical (unpaired) electrons. The van der Waals surface area contributed by atoms with Crippen LogP contribution in [0.15, 0.2) is 48.6 Å². The minimum absolute atomic E-state index is 0.0840. The Balaban J connectivity index is 4.25. The van der Waals surface area contributed by atoms with Gasteiger partial charge in [0.2, 0.25) is 0 Å². The third-order valence-electron chi connectivity index (χ3n) is 9.37. The molecular formula is C46H87NO7P+. The third-order valence-corrected chi connectivity index (χ3v) is 10.4. The van der Waals surface area contributed by atoms with Crippen LogP contribution in [0.2, 0.25) is 0 Å². The quantitative estimate of drug-likeness (QED) is 0.0217. The van der Waals surface area contributed by atoms with Gasteiger partial charge in [-0.15, -0.1) is 0 Å². The third kappa shape index (κ3) is 43.4. The van der Waals surface area contributed by atoms with Gasteiger partial charge < -0.3 is 18.9 Å².